The van der Waals surface area contributed by atoms with Crippen molar-refractivity contribution in [3.63, 3.8) is 0 Å². The Labute approximate surface area is 116 Å². The number of carbonyl (C=O) groups is 1. The smallest absolute Gasteiger partial charge is 0.243 e. The van der Waals surface area contributed by atoms with E-state index in [1.165, 1.54) is 4.31 Å². The predicted octanol–water partition coefficient (Wildman–Crippen LogP) is 0.294. The van der Waals surface area contributed by atoms with Crippen molar-refractivity contribution < 1.29 is 17.6 Å². The third-order valence-electron chi connectivity index (χ3n) is 3.39. The molecule has 1 aromatic rings. The molecular weight excluding hydrogens is 285 g/mol. The molecule has 6 nitrogen and oxygen atoms in total. The lowest BCUT2D eigenvalue weighted by Crippen LogP contribution is -2.44. The Bertz CT molecular complexity index is 633. The lowest BCUT2D eigenvalue weighted by atomic mass is 9.99. The minimum atomic E-state index is -3.79. The number of nitrogens with zero attached hydrogens (tertiary/aromatic N) is 1. The molecule has 1 fully saturated rings. The Morgan fingerprint density at radius 1 is 1.40 bits per heavy atom. The molecule has 1 atom stereocenters. The summed E-state index contributed by atoms with van der Waals surface area (Å²) in [5.74, 6) is -1.67. The Balaban J connectivity index is 2.29. The number of hydrogen-bond acceptors (Lipinski definition) is 4. The summed E-state index contributed by atoms with van der Waals surface area (Å²) < 4.78 is 39.1. The normalized spacial score (nSPS) is 20.8. The van der Waals surface area contributed by atoms with Gasteiger partial charge in [-0.25, -0.2) is 12.8 Å². The molecule has 4 N–H and O–H groups in total. The first-order chi connectivity index (χ1) is 9.32. The van der Waals surface area contributed by atoms with Crippen molar-refractivity contribution >= 4 is 21.6 Å². The summed E-state index contributed by atoms with van der Waals surface area (Å²) in [7, 11) is -3.79. The van der Waals surface area contributed by atoms with Crippen molar-refractivity contribution in [2.75, 3.05) is 18.8 Å². The third-order valence-corrected chi connectivity index (χ3v) is 5.25. The molecule has 0 spiro atoms. The summed E-state index contributed by atoms with van der Waals surface area (Å²) in [6.07, 6.45) is 1.14. The molecule has 1 aliphatic heterocycles. The minimum absolute atomic E-state index is 0.0505. The van der Waals surface area contributed by atoms with Gasteiger partial charge in [0.05, 0.1) is 16.5 Å². The molecule has 20 heavy (non-hydrogen) atoms. The van der Waals surface area contributed by atoms with Crippen molar-refractivity contribution in [1.29, 1.82) is 0 Å². The number of carbonyl (C=O) groups excluding carboxylic acids is 1. The van der Waals surface area contributed by atoms with E-state index in [2.05, 4.69) is 0 Å². The summed E-state index contributed by atoms with van der Waals surface area (Å²) in [5, 5.41) is 0. The summed E-state index contributed by atoms with van der Waals surface area (Å²) in [4.78, 5) is 11.1. The Morgan fingerprint density at radius 3 is 2.70 bits per heavy atom. The fourth-order valence-corrected chi connectivity index (χ4v) is 3.78. The van der Waals surface area contributed by atoms with Crippen LogP contribution in [0.5, 0.6) is 0 Å². The Morgan fingerprint density at radius 2 is 2.10 bits per heavy atom. The molecule has 110 valence electrons. The van der Waals surface area contributed by atoms with E-state index in [1.54, 1.807) is 0 Å². The quantitative estimate of drug-likeness (QED) is 0.783. The van der Waals surface area contributed by atoms with Crippen LogP contribution in [0.3, 0.4) is 0 Å². The van der Waals surface area contributed by atoms with Crippen LogP contribution in [0.1, 0.15) is 12.8 Å². The highest BCUT2D eigenvalue weighted by molar-refractivity contribution is 7.89. The molecule has 1 saturated heterocycles. The van der Waals surface area contributed by atoms with E-state index >= 15 is 0 Å². The molecule has 8 heteroatoms. The second-order valence-electron chi connectivity index (χ2n) is 4.79. The van der Waals surface area contributed by atoms with Crippen molar-refractivity contribution in [2.24, 2.45) is 11.7 Å². The van der Waals surface area contributed by atoms with Gasteiger partial charge in [0.25, 0.3) is 0 Å². The van der Waals surface area contributed by atoms with Gasteiger partial charge in [-0.2, -0.15) is 4.31 Å². The van der Waals surface area contributed by atoms with Crippen molar-refractivity contribution in [2.45, 2.75) is 17.7 Å². The van der Waals surface area contributed by atoms with Crippen LogP contribution < -0.4 is 11.5 Å². The van der Waals surface area contributed by atoms with E-state index in [4.69, 9.17) is 11.5 Å². The number of halogens is 1. The first kappa shape index (κ1) is 14.7. The average Bonchev–Trinajstić information content (AvgIpc) is 2.42. The minimum Gasteiger partial charge on any atom is -0.396 e. The zero-order chi connectivity index (χ0) is 14.9. The zero-order valence-corrected chi connectivity index (χ0v) is 11.6. The topological polar surface area (TPSA) is 106 Å². The number of sulfonamides is 1. The van der Waals surface area contributed by atoms with Gasteiger partial charge < -0.3 is 11.5 Å². The lowest BCUT2D eigenvalue weighted by molar-refractivity contribution is -0.122. The number of nitrogens with two attached hydrogens (primary N) is 2. The van der Waals surface area contributed by atoms with Gasteiger partial charge in [-0.3, -0.25) is 4.79 Å². The van der Waals surface area contributed by atoms with Crippen molar-refractivity contribution in [3.8, 4) is 0 Å². The predicted molar refractivity (Wildman–Crippen MR) is 71.5 cm³/mol. The van der Waals surface area contributed by atoms with E-state index in [9.17, 15) is 17.6 Å². The van der Waals surface area contributed by atoms with Crippen LogP contribution in [0.15, 0.2) is 23.1 Å². The van der Waals surface area contributed by atoms with Crippen LogP contribution in [0.2, 0.25) is 0 Å². The highest BCUT2D eigenvalue weighted by Crippen LogP contribution is 2.25. The van der Waals surface area contributed by atoms with Crippen molar-refractivity contribution in [3.05, 3.63) is 24.0 Å². The number of rotatable bonds is 3. The molecule has 1 aliphatic rings. The van der Waals surface area contributed by atoms with Gasteiger partial charge in [0.15, 0.2) is 0 Å². The first-order valence-corrected chi connectivity index (χ1v) is 7.61. The van der Waals surface area contributed by atoms with Gasteiger partial charge in [0.2, 0.25) is 15.9 Å². The maximum atomic E-state index is 13.1. The van der Waals surface area contributed by atoms with Crippen LogP contribution in [0, 0.1) is 11.7 Å². The van der Waals surface area contributed by atoms with Gasteiger partial charge in [-0.1, -0.05) is 0 Å². The first-order valence-electron chi connectivity index (χ1n) is 6.17. The molecule has 1 heterocycles. The standard InChI is InChI=1S/C12H16FN3O3S/c13-10-4-3-9(6-11(10)14)20(18,19)16-5-1-2-8(7-16)12(15)17/h3-4,6,8H,1-2,5,7,14H2,(H2,15,17). The van der Waals surface area contributed by atoms with Crippen LogP contribution >= 0.6 is 0 Å². The number of anilines is 1. The largest absolute Gasteiger partial charge is 0.396 e. The van der Waals surface area contributed by atoms with E-state index in [0.29, 0.717) is 19.4 Å². The molecule has 0 saturated carbocycles. The van der Waals surface area contributed by atoms with Crippen molar-refractivity contribution in [1.82, 2.24) is 4.31 Å². The zero-order valence-electron chi connectivity index (χ0n) is 10.8. The van der Waals surface area contributed by atoms with E-state index in [-0.39, 0.29) is 17.1 Å². The highest BCUT2D eigenvalue weighted by Gasteiger charge is 2.32. The molecular formula is C12H16FN3O3S. The number of hydrogen-bond donors (Lipinski definition) is 2. The molecule has 0 aromatic heterocycles. The Hall–Kier alpha value is -1.67. The number of amides is 1. The molecule has 1 aromatic carbocycles. The average molecular weight is 301 g/mol. The fourth-order valence-electron chi connectivity index (χ4n) is 2.22. The summed E-state index contributed by atoms with van der Waals surface area (Å²) in [6.45, 7) is 0.359. The number of primary amides is 1. The van der Waals surface area contributed by atoms with Crippen LogP contribution in [-0.2, 0) is 14.8 Å². The van der Waals surface area contributed by atoms with E-state index in [0.717, 1.165) is 18.2 Å². The molecule has 0 aliphatic carbocycles. The summed E-state index contributed by atoms with van der Waals surface area (Å²) >= 11 is 0. The second-order valence-corrected chi connectivity index (χ2v) is 6.73. The number of nitrogen functional groups attached to an aromatic ring is 1. The van der Waals surface area contributed by atoms with Crippen LogP contribution in [0.25, 0.3) is 0 Å². The molecule has 2 rings (SSSR count). The number of piperidine rings is 1. The number of benzene rings is 1. The van der Waals surface area contributed by atoms with Gasteiger partial charge >= 0.3 is 0 Å². The van der Waals surface area contributed by atoms with Crippen LogP contribution in [0.4, 0.5) is 10.1 Å². The van der Waals surface area contributed by atoms with Gasteiger partial charge in [-0.15, -0.1) is 0 Å². The maximum absolute atomic E-state index is 13.1. The Kier molecular flexibility index (Phi) is 3.96. The maximum Gasteiger partial charge on any atom is 0.243 e. The van der Waals surface area contributed by atoms with Gasteiger partial charge in [-0.05, 0) is 31.0 Å². The monoisotopic (exact) mass is 301 g/mol. The van der Waals surface area contributed by atoms with E-state index in [1.807, 2.05) is 0 Å². The molecule has 0 bridgehead atoms. The van der Waals surface area contributed by atoms with Crippen LogP contribution in [-0.4, -0.2) is 31.7 Å². The fraction of sp³-hybridized carbons (Fsp3) is 0.417. The molecule has 1 amide bonds. The van der Waals surface area contributed by atoms with E-state index < -0.39 is 27.7 Å². The summed E-state index contributed by atoms with van der Waals surface area (Å²) in [6, 6.07) is 3.26. The van der Waals surface area contributed by atoms with Gasteiger partial charge in [0, 0.05) is 13.1 Å². The van der Waals surface area contributed by atoms with Gasteiger partial charge in [0.1, 0.15) is 5.82 Å². The SMILES string of the molecule is NC(=O)C1CCCN(S(=O)(=O)c2ccc(F)c(N)c2)C1. The highest BCUT2D eigenvalue weighted by atomic mass is 32.2. The molecule has 0 radical (unpaired) electrons. The second kappa shape index (κ2) is 5.37. The molecule has 1 unspecified atom stereocenters. The lowest BCUT2D eigenvalue weighted by Gasteiger charge is -2.30. The third kappa shape index (κ3) is 2.75. The summed E-state index contributed by atoms with van der Waals surface area (Å²) in [5.41, 5.74) is 10.4.